The van der Waals surface area contributed by atoms with Crippen molar-refractivity contribution in [3.05, 3.63) is 12.2 Å². The zero-order chi connectivity index (χ0) is 5.54. The van der Waals surface area contributed by atoms with Gasteiger partial charge in [-0.25, -0.2) is 4.39 Å². The van der Waals surface area contributed by atoms with Crippen molar-refractivity contribution in [3.8, 4) is 0 Å². The molecule has 0 unspecified atom stereocenters. The summed E-state index contributed by atoms with van der Waals surface area (Å²) >= 11 is 0. The summed E-state index contributed by atoms with van der Waals surface area (Å²) in [5, 5.41) is 0. The van der Waals surface area contributed by atoms with E-state index < -0.39 is 6.80 Å². The van der Waals surface area contributed by atoms with Crippen LogP contribution in [0.1, 0.15) is 6.92 Å². The molecule has 0 aromatic carbocycles. The highest BCUT2D eigenvalue weighted by molar-refractivity contribution is 5.70. The Bertz CT molecular complexity index is 76.1. The van der Waals surface area contributed by atoms with Crippen molar-refractivity contribution >= 4 is 6.21 Å². The SMILES string of the molecule is C/C=C\C=NCF. The molecule has 0 spiro atoms. The van der Waals surface area contributed by atoms with Crippen LogP contribution in [0.2, 0.25) is 0 Å². The van der Waals surface area contributed by atoms with Crippen molar-refractivity contribution in [2.45, 2.75) is 6.92 Å². The average Bonchev–Trinajstić information content (AvgIpc) is 1.69. The van der Waals surface area contributed by atoms with Gasteiger partial charge in [0.1, 0.15) is 0 Å². The van der Waals surface area contributed by atoms with Crippen LogP contribution in [0.15, 0.2) is 17.1 Å². The molecule has 0 N–H and O–H groups in total. The second-order valence-corrected chi connectivity index (χ2v) is 0.977. The molecule has 0 bridgehead atoms. The summed E-state index contributed by atoms with van der Waals surface area (Å²) in [5.74, 6) is 0. The van der Waals surface area contributed by atoms with Crippen molar-refractivity contribution < 1.29 is 4.39 Å². The fourth-order valence-corrected chi connectivity index (χ4v) is 0.187. The van der Waals surface area contributed by atoms with Gasteiger partial charge in [0.15, 0.2) is 6.80 Å². The van der Waals surface area contributed by atoms with Gasteiger partial charge in [-0.15, -0.1) is 0 Å². The van der Waals surface area contributed by atoms with Crippen LogP contribution in [0, 0.1) is 0 Å². The molecule has 0 saturated carbocycles. The summed E-state index contributed by atoms with van der Waals surface area (Å²) < 4.78 is 11.1. The van der Waals surface area contributed by atoms with Gasteiger partial charge >= 0.3 is 0 Å². The van der Waals surface area contributed by atoms with E-state index in [1.807, 2.05) is 6.92 Å². The molecule has 0 heterocycles. The van der Waals surface area contributed by atoms with Gasteiger partial charge in [-0.3, -0.25) is 4.99 Å². The Labute approximate surface area is 42.6 Å². The molecular formula is C5H8FN. The minimum absolute atomic E-state index is 0.621. The Morgan fingerprint density at radius 1 is 1.71 bits per heavy atom. The first-order valence-corrected chi connectivity index (χ1v) is 2.09. The molecule has 0 aliphatic rings. The molecular weight excluding hydrogens is 93.1 g/mol. The summed E-state index contributed by atoms with van der Waals surface area (Å²) in [6.45, 7) is 1.23. The number of halogens is 1. The largest absolute Gasteiger partial charge is 0.260 e. The van der Waals surface area contributed by atoms with Gasteiger partial charge < -0.3 is 0 Å². The van der Waals surface area contributed by atoms with Gasteiger partial charge in [-0.05, 0) is 13.0 Å². The quantitative estimate of drug-likeness (QED) is 0.369. The Morgan fingerprint density at radius 3 is 2.86 bits per heavy atom. The maximum atomic E-state index is 11.1. The van der Waals surface area contributed by atoms with Crippen molar-refractivity contribution in [1.29, 1.82) is 0 Å². The van der Waals surface area contributed by atoms with Gasteiger partial charge in [-0.2, -0.15) is 0 Å². The van der Waals surface area contributed by atoms with Crippen LogP contribution >= 0.6 is 0 Å². The van der Waals surface area contributed by atoms with E-state index in [1.54, 1.807) is 12.2 Å². The minimum atomic E-state index is -0.621. The molecule has 0 atom stereocenters. The lowest BCUT2D eigenvalue weighted by atomic mass is 10.6. The smallest absolute Gasteiger partial charge is 0.179 e. The fourth-order valence-electron chi connectivity index (χ4n) is 0.187. The second-order valence-electron chi connectivity index (χ2n) is 0.977. The van der Waals surface area contributed by atoms with Crippen LogP contribution in [-0.4, -0.2) is 13.0 Å². The molecule has 0 radical (unpaired) electrons. The molecule has 2 heteroatoms. The van der Waals surface area contributed by atoms with Crippen molar-refractivity contribution in [3.63, 3.8) is 0 Å². The zero-order valence-corrected chi connectivity index (χ0v) is 4.26. The van der Waals surface area contributed by atoms with Crippen LogP contribution in [0.5, 0.6) is 0 Å². The zero-order valence-electron chi connectivity index (χ0n) is 4.26. The first-order chi connectivity index (χ1) is 3.41. The molecule has 7 heavy (non-hydrogen) atoms. The van der Waals surface area contributed by atoms with Crippen LogP contribution in [0.4, 0.5) is 4.39 Å². The number of nitrogens with zero attached hydrogens (tertiary/aromatic N) is 1. The van der Waals surface area contributed by atoms with Crippen molar-refractivity contribution in [2.24, 2.45) is 4.99 Å². The number of allylic oxidation sites excluding steroid dienone is 2. The third-order valence-electron chi connectivity index (χ3n) is 0.453. The first kappa shape index (κ1) is 6.34. The maximum absolute atomic E-state index is 11.1. The molecule has 0 amide bonds. The molecule has 1 nitrogen and oxygen atoms in total. The topological polar surface area (TPSA) is 12.4 Å². The highest BCUT2D eigenvalue weighted by Crippen LogP contribution is 1.68. The van der Waals surface area contributed by atoms with Gasteiger partial charge in [0.2, 0.25) is 0 Å². The lowest BCUT2D eigenvalue weighted by Crippen LogP contribution is -1.64. The fraction of sp³-hybridized carbons (Fsp3) is 0.400. The Balaban J connectivity index is 3.09. The summed E-state index contributed by atoms with van der Waals surface area (Å²) in [5.41, 5.74) is 0. The van der Waals surface area contributed by atoms with Crippen LogP contribution < -0.4 is 0 Å². The average molecular weight is 101 g/mol. The molecule has 40 valence electrons. The number of rotatable bonds is 2. The van der Waals surface area contributed by atoms with Gasteiger partial charge in [0.25, 0.3) is 0 Å². The van der Waals surface area contributed by atoms with E-state index in [0.29, 0.717) is 0 Å². The predicted octanol–water partition coefficient (Wildman–Crippen LogP) is 1.56. The predicted molar refractivity (Wildman–Crippen MR) is 29.3 cm³/mol. The maximum Gasteiger partial charge on any atom is 0.179 e. The van der Waals surface area contributed by atoms with Crippen LogP contribution in [0.25, 0.3) is 0 Å². The van der Waals surface area contributed by atoms with Crippen molar-refractivity contribution in [2.75, 3.05) is 6.80 Å². The standard InChI is InChI=1S/C5H8FN/c1-2-3-4-7-5-6/h2-4H,5H2,1H3/b3-2-,7-4?. The molecule has 0 aliphatic heterocycles. The Morgan fingerprint density at radius 2 is 2.43 bits per heavy atom. The summed E-state index contributed by atoms with van der Waals surface area (Å²) in [7, 11) is 0. The minimum Gasteiger partial charge on any atom is -0.260 e. The van der Waals surface area contributed by atoms with Crippen LogP contribution in [-0.2, 0) is 0 Å². The Hall–Kier alpha value is -0.660. The van der Waals surface area contributed by atoms with E-state index in [9.17, 15) is 4.39 Å². The molecule has 0 aromatic heterocycles. The summed E-state index contributed by atoms with van der Waals surface area (Å²) in [4.78, 5) is 3.28. The van der Waals surface area contributed by atoms with E-state index >= 15 is 0 Å². The van der Waals surface area contributed by atoms with Gasteiger partial charge in [0, 0.05) is 6.21 Å². The lowest BCUT2D eigenvalue weighted by Gasteiger charge is -1.69. The third kappa shape index (κ3) is 5.34. The monoisotopic (exact) mass is 101 g/mol. The van der Waals surface area contributed by atoms with E-state index in [1.165, 1.54) is 6.21 Å². The number of alkyl halides is 1. The highest BCUT2D eigenvalue weighted by atomic mass is 19.1. The second kappa shape index (κ2) is 5.34. The van der Waals surface area contributed by atoms with Crippen LogP contribution in [0.3, 0.4) is 0 Å². The van der Waals surface area contributed by atoms with E-state index in [0.717, 1.165) is 0 Å². The van der Waals surface area contributed by atoms with E-state index in [4.69, 9.17) is 0 Å². The van der Waals surface area contributed by atoms with Crippen molar-refractivity contribution in [1.82, 2.24) is 0 Å². The summed E-state index contributed by atoms with van der Waals surface area (Å²) in [6.07, 6.45) is 4.90. The van der Waals surface area contributed by atoms with E-state index in [2.05, 4.69) is 4.99 Å². The van der Waals surface area contributed by atoms with E-state index in [-0.39, 0.29) is 0 Å². The third-order valence-corrected chi connectivity index (χ3v) is 0.453. The number of hydrogen-bond acceptors (Lipinski definition) is 1. The molecule has 0 rings (SSSR count). The Kier molecular flexibility index (Phi) is 4.84. The molecule has 0 saturated heterocycles. The number of aliphatic imine (C=N–C) groups is 1. The lowest BCUT2D eigenvalue weighted by molar-refractivity contribution is 0.514. The molecule has 0 aliphatic carbocycles. The summed E-state index contributed by atoms with van der Waals surface area (Å²) in [6, 6.07) is 0. The van der Waals surface area contributed by atoms with Gasteiger partial charge in [0.05, 0.1) is 0 Å². The number of hydrogen-bond donors (Lipinski definition) is 0. The molecule has 0 aromatic rings. The van der Waals surface area contributed by atoms with Gasteiger partial charge in [-0.1, -0.05) is 6.08 Å². The highest BCUT2D eigenvalue weighted by Gasteiger charge is 1.60. The first-order valence-electron chi connectivity index (χ1n) is 2.09. The normalized spacial score (nSPS) is 11.7. The molecule has 0 fully saturated rings.